The SMILES string of the molecule is CC(=O)O[C@@]12CO[C@@H]1C[C@H](O)[C@@]1(C)C(=O)C(=O)C3C(C)C(OC(=O)C(OC(=O)COCCCN4C(=O)C=CC4=O)C(NC(=O)OC(C)(C)C)c4ccccc4)C[C@@](O)(C(OC(=O)c4ccccc4)C12)C3(C)C. The monoisotopic (exact) mass is 1000 g/mol. The van der Waals surface area contributed by atoms with Crippen LogP contribution >= 0.6 is 0 Å². The second-order valence-electron chi connectivity index (χ2n) is 20.9. The minimum absolute atomic E-state index is 0.00560. The average Bonchev–Trinajstić information content (AvgIpc) is 3.63. The van der Waals surface area contributed by atoms with E-state index in [2.05, 4.69) is 5.32 Å². The zero-order chi connectivity index (χ0) is 52.7. The molecule has 3 amide bonds. The minimum Gasteiger partial charge on any atom is -0.459 e. The molecule has 0 radical (unpaired) electrons. The minimum atomic E-state index is -2.47. The topological polar surface area (TPSA) is 274 Å². The van der Waals surface area contributed by atoms with Crippen molar-refractivity contribution < 1.29 is 86.5 Å². The van der Waals surface area contributed by atoms with E-state index in [0.29, 0.717) is 0 Å². The third-order valence-electron chi connectivity index (χ3n) is 14.9. The van der Waals surface area contributed by atoms with E-state index in [-0.39, 0.29) is 43.7 Å². The number of rotatable bonds is 15. The molecule has 4 fully saturated rings. The molecule has 20 nitrogen and oxygen atoms in total. The van der Waals surface area contributed by atoms with Crippen molar-refractivity contribution in [2.75, 3.05) is 26.4 Å². The van der Waals surface area contributed by atoms with Crippen molar-refractivity contribution in [1.29, 1.82) is 0 Å². The van der Waals surface area contributed by atoms with Crippen LogP contribution in [0.15, 0.2) is 72.8 Å². The number of imide groups is 1. The molecule has 2 aromatic rings. The Morgan fingerprint density at radius 2 is 1.54 bits per heavy atom. The van der Waals surface area contributed by atoms with Crippen LogP contribution in [0.4, 0.5) is 4.79 Å². The number of fused-ring (bicyclic) bond motifs is 5. The maximum atomic E-state index is 15.2. The lowest BCUT2D eigenvalue weighted by atomic mass is 9.42. The second-order valence-corrected chi connectivity index (χ2v) is 20.9. The van der Waals surface area contributed by atoms with Crippen molar-refractivity contribution in [1.82, 2.24) is 10.2 Å². The van der Waals surface area contributed by atoms with Gasteiger partial charge in [-0.1, -0.05) is 69.3 Å². The van der Waals surface area contributed by atoms with Crippen LogP contribution in [0.5, 0.6) is 0 Å². The van der Waals surface area contributed by atoms with E-state index in [1.165, 1.54) is 52.0 Å². The summed E-state index contributed by atoms with van der Waals surface area (Å²) >= 11 is 0. The van der Waals surface area contributed by atoms with Crippen LogP contribution in [0.3, 0.4) is 0 Å². The lowest BCUT2D eigenvalue weighted by molar-refractivity contribution is -0.350. The van der Waals surface area contributed by atoms with Crippen LogP contribution in [0.2, 0.25) is 0 Å². The quantitative estimate of drug-likeness (QED) is 0.0759. The molecule has 388 valence electrons. The number of hydrogen-bond acceptors (Lipinski definition) is 18. The van der Waals surface area contributed by atoms with Crippen LogP contribution in [-0.2, 0) is 66.7 Å². The number of nitrogens with one attached hydrogen (secondary N) is 1. The van der Waals surface area contributed by atoms with Crippen molar-refractivity contribution in [2.24, 2.45) is 28.6 Å². The standard InChI is InChI=1S/C52H62N2O18/c1-28-32(68-46(63)41(39(30-16-11-9-12-17-30)53-47(64)72-48(3,4)5)69-37(59)26-66-23-15-22-54-35(57)20-21-36(54)58)25-52(65)44(70-45(62)31-18-13-10-14-19-31)42-50(8,43(61)40(60)38(28)49(52,6)7)33(56)24-34-51(42,27-67-34)71-29(2)55/h9-14,16-21,28,32-34,38-39,41-42,44,56,65H,15,22-27H2,1-8H3,(H,53,64)/t28?,32?,33-,34+,38?,39?,41?,42?,44?,50+,51-,52+/m0/s1. The lowest BCUT2D eigenvalue weighted by Crippen LogP contribution is -2.82. The molecular formula is C52H62N2O18. The Kier molecular flexibility index (Phi) is 15.1. The summed E-state index contributed by atoms with van der Waals surface area (Å²) in [6.07, 6.45) is -7.68. The number of amides is 3. The molecule has 5 aliphatic rings. The molecule has 0 aromatic heterocycles. The second kappa shape index (κ2) is 20.3. The first-order valence-electron chi connectivity index (χ1n) is 23.9. The Labute approximate surface area is 416 Å². The van der Waals surface area contributed by atoms with E-state index in [4.69, 9.17) is 33.2 Å². The van der Waals surface area contributed by atoms with Crippen molar-refractivity contribution >= 4 is 53.4 Å². The van der Waals surface area contributed by atoms with Gasteiger partial charge in [0.1, 0.15) is 42.2 Å². The van der Waals surface area contributed by atoms with Gasteiger partial charge >= 0.3 is 30.0 Å². The van der Waals surface area contributed by atoms with Crippen molar-refractivity contribution in [2.45, 2.75) is 128 Å². The Bertz CT molecular complexity index is 2490. The van der Waals surface area contributed by atoms with Gasteiger partial charge in [0, 0.05) is 62.3 Å². The van der Waals surface area contributed by atoms with E-state index in [9.17, 15) is 39.0 Å². The van der Waals surface area contributed by atoms with Crippen LogP contribution in [0, 0.1) is 28.6 Å². The normalized spacial score (nSPS) is 31.3. The highest BCUT2D eigenvalue weighted by Gasteiger charge is 2.79. The van der Waals surface area contributed by atoms with E-state index in [1.54, 1.807) is 57.2 Å². The Hall–Kier alpha value is -6.35. The maximum absolute atomic E-state index is 15.2. The first kappa shape index (κ1) is 53.4. The molecular weight excluding hydrogens is 941 g/mol. The van der Waals surface area contributed by atoms with E-state index in [1.807, 2.05) is 0 Å². The van der Waals surface area contributed by atoms with Gasteiger partial charge in [-0.2, -0.15) is 0 Å². The molecule has 12 atom stereocenters. The number of hydrogen-bond donors (Lipinski definition) is 3. The third-order valence-corrected chi connectivity index (χ3v) is 14.9. The van der Waals surface area contributed by atoms with Gasteiger partial charge in [-0.05, 0) is 51.8 Å². The number of esters is 4. The zero-order valence-corrected chi connectivity index (χ0v) is 41.4. The van der Waals surface area contributed by atoms with E-state index >= 15 is 14.4 Å². The highest BCUT2D eigenvalue weighted by molar-refractivity contribution is 6.40. The first-order chi connectivity index (χ1) is 33.8. The van der Waals surface area contributed by atoms with Gasteiger partial charge in [0.2, 0.25) is 17.7 Å². The van der Waals surface area contributed by atoms with Gasteiger partial charge in [0.15, 0.2) is 5.60 Å². The summed E-state index contributed by atoms with van der Waals surface area (Å²) in [5.74, 6) is -11.6. The molecule has 20 heteroatoms. The van der Waals surface area contributed by atoms with Crippen LogP contribution in [0.1, 0.15) is 96.6 Å². The fraction of sp³-hybridized carbons (Fsp3) is 0.558. The molecule has 3 aliphatic carbocycles. The molecule has 1 saturated heterocycles. The molecule has 2 aliphatic heterocycles. The van der Waals surface area contributed by atoms with Crippen molar-refractivity contribution in [3.8, 4) is 0 Å². The third kappa shape index (κ3) is 9.93. The Balaban J connectivity index is 1.28. The summed E-state index contributed by atoms with van der Waals surface area (Å²) in [5, 5.41) is 28.3. The van der Waals surface area contributed by atoms with Gasteiger partial charge in [0.25, 0.3) is 11.8 Å². The highest BCUT2D eigenvalue weighted by atomic mass is 16.6. The molecule has 3 N–H and O–H groups in total. The molecule has 2 bridgehead atoms. The van der Waals surface area contributed by atoms with Gasteiger partial charge in [-0.25, -0.2) is 19.2 Å². The van der Waals surface area contributed by atoms with Gasteiger partial charge in [0.05, 0.1) is 29.6 Å². The largest absolute Gasteiger partial charge is 0.459 e. The van der Waals surface area contributed by atoms with Crippen molar-refractivity contribution in [3.63, 3.8) is 0 Å². The van der Waals surface area contributed by atoms with Gasteiger partial charge in [-0.3, -0.25) is 28.9 Å². The molecule has 7 rings (SSSR count). The summed E-state index contributed by atoms with van der Waals surface area (Å²) in [7, 11) is 0. The molecule has 0 spiro atoms. The average molecular weight is 1000 g/mol. The molecule has 72 heavy (non-hydrogen) atoms. The summed E-state index contributed by atoms with van der Waals surface area (Å²) < 4.78 is 41.4. The van der Waals surface area contributed by atoms with Crippen molar-refractivity contribution in [3.05, 3.63) is 83.9 Å². The zero-order valence-electron chi connectivity index (χ0n) is 41.4. The van der Waals surface area contributed by atoms with Gasteiger partial charge < -0.3 is 48.7 Å². The fourth-order valence-corrected chi connectivity index (χ4v) is 11.3. The van der Waals surface area contributed by atoms with Crippen LogP contribution in [0.25, 0.3) is 0 Å². The van der Waals surface area contributed by atoms with Crippen LogP contribution in [-0.4, -0.2) is 142 Å². The predicted octanol–water partition coefficient (Wildman–Crippen LogP) is 3.29. The number of nitrogens with zero attached hydrogens (tertiary/aromatic N) is 1. The molecule has 2 aromatic carbocycles. The Morgan fingerprint density at radius 1 is 0.917 bits per heavy atom. The van der Waals surface area contributed by atoms with Gasteiger partial charge in [-0.15, -0.1) is 0 Å². The summed E-state index contributed by atoms with van der Waals surface area (Å²) in [5.41, 5.74) is -8.94. The first-order valence-corrected chi connectivity index (χ1v) is 23.9. The summed E-state index contributed by atoms with van der Waals surface area (Å²) in [6, 6.07) is 14.1. The number of carbonyl (C=O) groups is 9. The van der Waals surface area contributed by atoms with E-state index in [0.717, 1.165) is 24.0 Å². The predicted molar refractivity (Wildman–Crippen MR) is 248 cm³/mol. The number of benzene rings is 2. The number of aliphatic hydroxyl groups excluding tert-OH is 1. The molecule has 7 unspecified atom stereocenters. The van der Waals surface area contributed by atoms with Crippen LogP contribution < -0.4 is 5.32 Å². The number of alkyl carbamates (subject to hydrolysis) is 1. The maximum Gasteiger partial charge on any atom is 0.408 e. The number of ketones is 2. The molecule has 3 saturated carbocycles. The smallest absolute Gasteiger partial charge is 0.408 e. The Morgan fingerprint density at radius 3 is 2.12 bits per heavy atom. The molecule has 2 heterocycles. The summed E-state index contributed by atoms with van der Waals surface area (Å²) in [4.78, 5) is 125. The highest BCUT2D eigenvalue weighted by Crippen LogP contribution is 2.64. The number of carbonyl (C=O) groups excluding carboxylic acids is 9. The number of Topliss-reactive ketones (excluding diaryl/α,β-unsaturated/α-hetero) is 2. The fourth-order valence-electron chi connectivity index (χ4n) is 11.3. The lowest BCUT2D eigenvalue weighted by Gasteiger charge is -2.67. The summed E-state index contributed by atoms with van der Waals surface area (Å²) in [6.45, 7) is 10.6. The number of ether oxygens (including phenoxy) is 7. The number of aliphatic hydroxyl groups is 2. The van der Waals surface area contributed by atoms with E-state index < -0.39 is 148 Å².